The minimum Gasteiger partial charge on any atom is -0.492 e. The standard InChI is InChI=1S/C25H41NO7/c1-5-8-21(9-6-2)19-26(25(29)33-17-16-30-4)14-15-32-22-12-10-20(11-13-22)18-23(24(27)28)31-7-3/h10-13,21,23H,5-9,14-19H2,1-4H3,(H,27,28). The number of carboxylic acid groups (broad SMARTS) is 1. The number of carboxylic acids is 1. The Morgan fingerprint density at radius 2 is 1.67 bits per heavy atom. The van der Waals surface area contributed by atoms with Crippen molar-refractivity contribution in [3.8, 4) is 5.75 Å². The first-order valence-corrected chi connectivity index (χ1v) is 11.9. The van der Waals surface area contributed by atoms with Crippen LogP contribution in [0.25, 0.3) is 0 Å². The first kappa shape index (κ1) is 28.7. The van der Waals surface area contributed by atoms with Crippen LogP contribution in [0.5, 0.6) is 5.75 Å². The van der Waals surface area contributed by atoms with Gasteiger partial charge in [-0.15, -0.1) is 0 Å². The zero-order valence-corrected chi connectivity index (χ0v) is 20.6. The maximum atomic E-state index is 12.6. The van der Waals surface area contributed by atoms with Crippen LogP contribution < -0.4 is 4.74 Å². The van der Waals surface area contributed by atoms with E-state index in [9.17, 15) is 14.7 Å². The van der Waals surface area contributed by atoms with Gasteiger partial charge in [0.05, 0.1) is 13.2 Å². The van der Waals surface area contributed by atoms with Crippen LogP contribution >= 0.6 is 0 Å². The highest BCUT2D eigenvalue weighted by Gasteiger charge is 2.20. The highest BCUT2D eigenvalue weighted by Crippen LogP contribution is 2.17. The van der Waals surface area contributed by atoms with Crippen LogP contribution in [0.4, 0.5) is 4.79 Å². The average molecular weight is 468 g/mol. The van der Waals surface area contributed by atoms with Gasteiger partial charge in [-0.2, -0.15) is 0 Å². The number of rotatable bonds is 18. The lowest BCUT2D eigenvalue weighted by Crippen LogP contribution is -2.39. The lowest BCUT2D eigenvalue weighted by atomic mass is 9.98. The van der Waals surface area contributed by atoms with Crippen molar-refractivity contribution in [2.24, 2.45) is 5.92 Å². The monoisotopic (exact) mass is 467 g/mol. The van der Waals surface area contributed by atoms with E-state index in [0.29, 0.717) is 51.0 Å². The summed E-state index contributed by atoms with van der Waals surface area (Å²) in [5.41, 5.74) is 0.855. The van der Waals surface area contributed by atoms with Crippen LogP contribution in [0.15, 0.2) is 24.3 Å². The van der Waals surface area contributed by atoms with Gasteiger partial charge in [-0.3, -0.25) is 0 Å². The molecule has 8 heteroatoms. The molecule has 1 rings (SSSR count). The average Bonchev–Trinajstić information content (AvgIpc) is 2.79. The molecule has 33 heavy (non-hydrogen) atoms. The molecule has 1 N–H and O–H groups in total. The van der Waals surface area contributed by atoms with Crippen LogP contribution in [-0.4, -0.2) is 74.8 Å². The van der Waals surface area contributed by atoms with Crippen LogP contribution in [0.1, 0.15) is 52.0 Å². The van der Waals surface area contributed by atoms with Gasteiger partial charge in [0.2, 0.25) is 0 Å². The van der Waals surface area contributed by atoms with Gasteiger partial charge >= 0.3 is 12.1 Å². The van der Waals surface area contributed by atoms with E-state index in [2.05, 4.69) is 13.8 Å². The largest absolute Gasteiger partial charge is 0.492 e. The minimum atomic E-state index is -0.973. The van der Waals surface area contributed by atoms with Crippen LogP contribution in [0, 0.1) is 5.92 Å². The van der Waals surface area contributed by atoms with E-state index < -0.39 is 12.1 Å². The quantitative estimate of drug-likeness (QED) is 0.320. The van der Waals surface area contributed by atoms with Gasteiger partial charge in [-0.05, 0) is 43.4 Å². The van der Waals surface area contributed by atoms with E-state index >= 15 is 0 Å². The van der Waals surface area contributed by atoms with Gasteiger partial charge in [0.1, 0.15) is 19.0 Å². The maximum Gasteiger partial charge on any atom is 0.409 e. The predicted molar refractivity (Wildman–Crippen MR) is 127 cm³/mol. The first-order valence-electron chi connectivity index (χ1n) is 11.9. The molecule has 0 bridgehead atoms. The fourth-order valence-electron chi connectivity index (χ4n) is 3.64. The van der Waals surface area contributed by atoms with Crippen molar-refractivity contribution < 1.29 is 33.6 Å². The van der Waals surface area contributed by atoms with Gasteiger partial charge in [-0.1, -0.05) is 38.8 Å². The molecule has 8 nitrogen and oxygen atoms in total. The molecule has 0 fully saturated rings. The number of hydrogen-bond acceptors (Lipinski definition) is 6. The Balaban J connectivity index is 2.66. The Kier molecular flexibility index (Phi) is 15.0. The molecule has 0 saturated carbocycles. The van der Waals surface area contributed by atoms with E-state index in [-0.39, 0.29) is 12.7 Å². The number of amides is 1. The molecule has 0 aliphatic rings. The predicted octanol–water partition coefficient (Wildman–Crippen LogP) is 4.40. The van der Waals surface area contributed by atoms with Gasteiger partial charge in [0, 0.05) is 26.7 Å². The summed E-state index contributed by atoms with van der Waals surface area (Å²) in [6.07, 6.45) is 3.37. The Bertz CT molecular complexity index is 659. The number of hydrogen-bond donors (Lipinski definition) is 1. The summed E-state index contributed by atoms with van der Waals surface area (Å²) < 4.78 is 21.4. The molecule has 0 aromatic heterocycles. The van der Waals surface area contributed by atoms with Gasteiger partial charge in [0.15, 0.2) is 6.10 Å². The highest BCUT2D eigenvalue weighted by atomic mass is 16.6. The zero-order chi connectivity index (χ0) is 24.5. The summed E-state index contributed by atoms with van der Waals surface area (Å²) in [6.45, 7) is 8.41. The molecule has 0 heterocycles. The molecule has 0 saturated heterocycles. The van der Waals surface area contributed by atoms with E-state index in [1.807, 2.05) is 12.1 Å². The van der Waals surface area contributed by atoms with E-state index in [4.69, 9.17) is 18.9 Å². The lowest BCUT2D eigenvalue weighted by molar-refractivity contribution is -0.149. The van der Waals surface area contributed by atoms with Crippen molar-refractivity contribution in [2.45, 2.75) is 59.0 Å². The molecule has 0 radical (unpaired) electrons. The van der Waals surface area contributed by atoms with Crippen molar-refractivity contribution in [1.82, 2.24) is 4.90 Å². The maximum absolute atomic E-state index is 12.6. The van der Waals surface area contributed by atoms with Crippen LogP contribution in [0.2, 0.25) is 0 Å². The molecule has 1 amide bonds. The molecule has 1 unspecified atom stereocenters. The second-order valence-electron chi connectivity index (χ2n) is 7.98. The topological polar surface area (TPSA) is 94.5 Å². The Hall–Kier alpha value is -2.32. The summed E-state index contributed by atoms with van der Waals surface area (Å²) >= 11 is 0. The number of ether oxygens (including phenoxy) is 4. The van der Waals surface area contributed by atoms with Gasteiger partial charge < -0.3 is 29.0 Å². The fraction of sp³-hybridized carbons (Fsp3) is 0.680. The third-order valence-corrected chi connectivity index (χ3v) is 5.26. The third-order valence-electron chi connectivity index (χ3n) is 5.26. The second kappa shape index (κ2) is 17.2. The van der Waals surface area contributed by atoms with Crippen molar-refractivity contribution in [3.05, 3.63) is 29.8 Å². The fourth-order valence-corrected chi connectivity index (χ4v) is 3.64. The summed E-state index contributed by atoms with van der Waals surface area (Å²) in [6, 6.07) is 7.27. The highest BCUT2D eigenvalue weighted by molar-refractivity contribution is 5.72. The molecular formula is C25H41NO7. The van der Waals surface area contributed by atoms with Crippen molar-refractivity contribution >= 4 is 12.1 Å². The summed E-state index contributed by atoms with van der Waals surface area (Å²) in [4.78, 5) is 25.6. The van der Waals surface area contributed by atoms with E-state index in [1.165, 1.54) is 0 Å². The third kappa shape index (κ3) is 11.9. The van der Waals surface area contributed by atoms with Crippen molar-refractivity contribution in [2.75, 3.05) is 46.6 Å². The summed E-state index contributed by atoms with van der Waals surface area (Å²) in [5, 5.41) is 9.23. The SMILES string of the molecule is CCCC(CCC)CN(CCOc1ccc(CC(OCC)C(=O)O)cc1)C(=O)OCCOC. The van der Waals surface area contributed by atoms with Crippen molar-refractivity contribution in [1.29, 1.82) is 0 Å². The lowest BCUT2D eigenvalue weighted by Gasteiger charge is -2.27. The number of aliphatic carboxylic acids is 1. The molecule has 1 atom stereocenters. The molecule has 188 valence electrons. The number of nitrogens with zero attached hydrogens (tertiary/aromatic N) is 1. The molecule has 0 spiro atoms. The smallest absolute Gasteiger partial charge is 0.409 e. The molecule has 0 aliphatic heterocycles. The van der Waals surface area contributed by atoms with Crippen molar-refractivity contribution in [3.63, 3.8) is 0 Å². The molecule has 1 aromatic rings. The van der Waals surface area contributed by atoms with Crippen LogP contribution in [0.3, 0.4) is 0 Å². The zero-order valence-electron chi connectivity index (χ0n) is 20.6. The number of carbonyl (C=O) groups is 2. The Labute approximate surface area is 198 Å². The molecule has 1 aromatic carbocycles. The molecular weight excluding hydrogens is 426 g/mol. The minimum absolute atomic E-state index is 0.222. The van der Waals surface area contributed by atoms with Crippen LogP contribution in [-0.2, 0) is 25.4 Å². The Morgan fingerprint density at radius 3 is 2.21 bits per heavy atom. The normalized spacial score (nSPS) is 11.9. The first-order chi connectivity index (χ1) is 15.9. The Morgan fingerprint density at radius 1 is 1.00 bits per heavy atom. The summed E-state index contributed by atoms with van der Waals surface area (Å²) in [7, 11) is 1.57. The second-order valence-corrected chi connectivity index (χ2v) is 7.98. The molecule has 0 aliphatic carbocycles. The summed E-state index contributed by atoms with van der Waals surface area (Å²) in [5.74, 6) is 0.120. The number of methoxy groups -OCH3 is 1. The van der Waals surface area contributed by atoms with Gasteiger partial charge in [-0.25, -0.2) is 9.59 Å². The number of benzene rings is 1. The number of carbonyl (C=O) groups excluding carboxylic acids is 1. The van der Waals surface area contributed by atoms with E-state index in [1.54, 1.807) is 31.1 Å². The van der Waals surface area contributed by atoms with Gasteiger partial charge in [0.25, 0.3) is 0 Å². The van der Waals surface area contributed by atoms with E-state index in [0.717, 1.165) is 31.2 Å².